The third kappa shape index (κ3) is 5.18. The van der Waals surface area contributed by atoms with Crippen LogP contribution >= 0.6 is 0 Å². The highest BCUT2D eigenvalue weighted by atomic mass is 28.3. The lowest BCUT2D eigenvalue weighted by atomic mass is 9.71. The van der Waals surface area contributed by atoms with E-state index < -0.39 is 14.0 Å². The molecule has 2 rings (SSSR count). The van der Waals surface area contributed by atoms with Crippen molar-refractivity contribution in [3.63, 3.8) is 0 Å². The maximum Gasteiger partial charge on any atom is 0.373 e. The van der Waals surface area contributed by atoms with E-state index in [4.69, 9.17) is 9.78 Å². The Bertz CT molecular complexity index is 543. The Balaban J connectivity index is 1.92. The summed E-state index contributed by atoms with van der Waals surface area (Å²) in [7, 11) is -1.34. The molecular formula is C19H30O3Si. The van der Waals surface area contributed by atoms with Crippen LogP contribution in [0.25, 0.3) is 0 Å². The van der Waals surface area contributed by atoms with Crippen LogP contribution in [-0.2, 0) is 9.78 Å². The van der Waals surface area contributed by atoms with Crippen LogP contribution in [0.4, 0.5) is 0 Å². The predicted octanol–water partition coefficient (Wildman–Crippen LogP) is 4.54. The van der Waals surface area contributed by atoms with Crippen LogP contribution in [0.1, 0.15) is 50.4 Å². The summed E-state index contributed by atoms with van der Waals surface area (Å²) in [6, 6.07) is 7.75. The Kier molecular flexibility index (Phi) is 5.36. The largest absolute Gasteiger partial charge is 0.373 e. The molecule has 0 bridgehead atoms. The quantitative estimate of drug-likeness (QED) is 0.461. The van der Waals surface area contributed by atoms with Crippen LogP contribution in [0, 0.1) is 11.3 Å². The normalized spacial score (nSPS) is 24.3. The Morgan fingerprint density at radius 2 is 1.74 bits per heavy atom. The average Bonchev–Trinajstić information content (AvgIpc) is 2.42. The molecule has 0 amide bonds. The molecule has 0 spiro atoms. The lowest BCUT2D eigenvalue weighted by Crippen LogP contribution is -2.37. The van der Waals surface area contributed by atoms with Crippen molar-refractivity contribution < 1.29 is 14.6 Å². The summed E-state index contributed by atoms with van der Waals surface area (Å²) in [5.41, 5.74) is 0.795. The van der Waals surface area contributed by atoms with Gasteiger partial charge in [-0.2, -0.15) is 4.89 Å². The number of hydrogen-bond acceptors (Lipinski definition) is 3. The van der Waals surface area contributed by atoms with Gasteiger partial charge in [-0.05, 0) is 42.7 Å². The first-order valence-electron chi connectivity index (χ1n) is 8.55. The Labute approximate surface area is 141 Å². The highest BCUT2D eigenvalue weighted by molar-refractivity contribution is 6.88. The van der Waals surface area contributed by atoms with Gasteiger partial charge in [-0.25, -0.2) is 4.79 Å². The summed E-state index contributed by atoms with van der Waals surface area (Å²) in [4.78, 5) is 22.7. The summed E-state index contributed by atoms with van der Waals surface area (Å²) >= 11 is 0. The second-order valence-electron chi connectivity index (χ2n) is 8.83. The van der Waals surface area contributed by atoms with Gasteiger partial charge >= 0.3 is 5.97 Å². The Morgan fingerprint density at radius 3 is 2.26 bits per heavy atom. The SMILES string of the molecule is CC1CC(OOC(=O)c2ccc([Si](C)(C)C)cc2)CC(C)(C)C1. The van der Waals surface area contributed by atoms with Gasteiger partial charge in [-0.15, -0.1) is 0 Å². The Hall–Kier alpha value is -1.13. The highest BCUT2D eigenvalue weighted by Crippen LogP contribution is 2.39. The molecule has 2 atom stereocenters. The van der Waals surface area contributed by atoms with Gasteiger partial charge in [0.1, 0.15) is 6.10 Å². The number of benzene rings is 1. The monoisotopic (exact) mass is 334 g/mol. The van der Waals surface area contributed by atoms with E-state index in [1.54, 1.807) is 0 Å². The van der Waals surface area contributed by atoms with Crippen LogP contribution in [0.3, 0.4) is 0 Å². The first-order chi connectivity index (χ1) is 10.6. The molecule has 1 aliphatic carbocycles. The van der Waals surface area contributed by atoms with Crippen LogP contribution in [0.15, 0.2) is 24.3 Å². The summed E-state index contributed by atoms with van der Waals surface area (Å²) in [5.74, 6) is 0.196. The first kappa shape index (κ1) is 18.2. The molecule has 0 heterocycles. The van der Waals surface area contributed by atoms with Gasteiger partial charge in [0.05, 0.1) is 13.6 Å². The van der Waals surface area contributed by atoms with Gasteiger partial charge in [-0.1, -0.05) is 57.7 Å². The van der Waals surface area contributed by atoms with Gasteiger partial charge in [0.2, 0.25) is 0 Å². The summed E-state index contributed by atoms with van der Waals surface area (Å²) < 4.78 is 0. The molecule has 2 unspecified atom stereocenters. The summed E-state index contributed by atoms with van der Waals surface area (Å²) in [6.07, 6.45) is 3.07. The number of rotatable bonds is 4. The van der Waals surface area contributed by atoms with Gasteiger partial charge in [-0.3, -0.25) is 4.89 Å². The van der Waals surface area contributed by atoms with Crippen molar-refractivity contribution in [1.82, 2.24) is 0 Å². The minimum Gasteiger partial charge on any atom is -0.293 e. The third-order valence-corrected chi connectivity index (χ3v) is 6.66. The smallest absolute Gasteiger partial charge is 0.293 e. The molecule has 128 valence electrons. The molecule has 1 saturated carbocycles. The van der Waals surface area contributed by atoms with Crippen molar-refractivity contribution in [2.75, 3.05) is 0 Å². The standard InChI is InChI=1S/C19H30O3Si/c1-14-11-16(13-19(2,3)12-14)21-22-18(20)15-7-9-17(10-8-15)23(4,5)6/h7-10,14,16H,11-13H2,1-6H3. The number of carbonyl (C=O) groups is 1. The highest BCUT2D eigenvalue weighted by Gasteiger charge is 2.33. The molecule has 1 fully saturated rings. The molecule has 0 saturated heterocycles. The molecule has 4 heteroatoms. The summed E-state index contributed by atoms with van der Waals surface area (Å²) in [5, 5.41) is 1.33. The molecule has 0 N–H and O–H groups in total. The molecule has 3 nitrogen and oxygen atoms in total. The van der Waals surface area contributed by atoms with E-state index in [0.717, 1.165) is 12.8 Å². The van der Waals surface area contributed by atoms with E-state index in [1.165, 1.54) is 11.6 Å². The number of hydrogen-bond donors (Lipinski definition) is 0. The molecule has 0 aromatic heterocycles. The van der Waals surface area contributed by atoms with Crippen molar-refractivity contribution >= 4 is 19.2 Å². The van der Waals surface area contributed by atoms with E-state index in [1.807, 2.05) is 24.3 Å². The predicted molar refractivity (Wildman–Crippen MR) is 96.5 cm³/mol. The topological polar surface area (TPSA) is 35.5 Å². The zero-order chi connectivity index (χ0) is 17.3. The van der Waals surface area contributed by atoms with E-state index in [2.05, 4.69) is 40.4 Å². The van der Waals surface area contributed by atoms with Crippen molar-refractivity contribution in [2.24, 2.45) is 11.3 Å². The molecule has 23 heavy (non-hydrogen) atoms. The fraction of sp³-hybridized carbons (Fsp3) is 0.632. The maximum absolute atomic E-state index is 12.2. The van der Waals surface area contributed by atoms with Crippen LogP contribution in [-0.4, -0.2) is 20.1 Å². The lowest BCUT2D eigenvalue weighted by Gasteiger charge is -2.37. The van der Waals surface area contributed by atoms with E-state index in [9.17, 15) is 4.79 Å². The molecular weight excluding hydrogens is 304 g/mol. The maximum atomic E-state index is 12.2. The fourth-order valence-electron chi connectivity index (χ4n) is 3.60. The van der Waals surface area contributed by atoms with Crippen molar-refractivity contribution in [2.45, 2.75) is 65.8 Å². The van der Waals surface area contributed by atoms with E-state index in [0.29, 0.717) is 11.5 Å². The van der Waals surface area contributed by atoms with E-state index >= 15 is 0 Å². The number of carbonyl (C=O) groups excluding carboxylic acids is 1. The Morgan fingerprint density at radius 1 is 1.13 bits per heavy atom. The lowest BCUT2D eigenvalue weighted by molar-refractivity contribution is -0.287. The average molecular weight is 335 g/mol. The summed E-state index contributed by atoms with van der Waals surface area (Å²) in [6.45, 7) is 13.6. The van der Waals surface area contributed by atoms with Crippen LogP contribution in [0.2, 0.25) is 19.6 Å². The third-order valence-electron chi connectivity index (χ3n) is 4.59. The van der Waals surface area contributed by atoms with Gasteiger partial charge < -0.3 is 0 Å². The van der Waals surface area contributed by atoms with Crippen molar-refractivity contribution in [1.29, 1.82) is 0 Å². The van der Waals surface area contributed by atoms with Crippen LogP contribution < -0.4 is 5.19 Å². The second-order valence-corrected chi connectivity index (χ2v) is 13.9. The van der Waals surface area contributed by atoms with Gasteiger partial charge in [0.25, 0.3) is 0 Å². The first-order valence-corrected chi connectivity index (χ1v) is 12.0. The van der Waals surface area contributed by atoms with Crippen molar-refractivity contribution in [3.05, 3.63) is 29.8 Å². The zero-order valence-electron chi connectivity index (χ0n) is 15.3. The van der Waals surface area contributed by atoms with Gasteiger partial charge in [0, 0.05) is 0 Å². The van der Waals surface area contributed by atoms with Crippen LogP contribution in [0.5, 0.6) is 0 Å². The zero-order valence-corrected chi connectivity index (χ0v) is 16.3. The minimum absolute atomic E-state index is 0.000967. The minimum atomic E-state index is -1.34. The second kappa shape index (κ2) is 6.77. The van der Waals surface area contributed by atoms with Gasteiger partial charge in [0.15, 0.2) is 0 Å². The fourth-order valence-corrected chi connectivity index (χ4v) is 4.76. The molecule has 0 radical (unpaired) electrons. The molecule has 1 aromatic carbocycles. The molecule has 0 aliphatic heterocycles. The van der Waals surface area contributed by atoms with E-state index in [-0.39, 0.29) is 11.5 Å². The van der Waals surface area contributed by atoms with Crippen molar-refractivity contribution in [3.8, 4) is 0 Å². The molecule has 1 aliphatic rings. The molecule has 1 aromatic rings.